The van der Waals surface area contributed by atoms with Gasteiger partial charge in [-0.2, -0.15) is 0 Å². The molecule has 0 aliphatic rings. The van der Waals surface area contributed by atoms with Crippen LogP contribution in [0.4, 0.5) is 5.69 Å². The van der Waals surface area contributed by atoms with E-state index in [-0.39, 0.29) is 28.1 Å². The average molecular weight is 277 g/mol. The summed E-state index contributed by atoms with van der Waals surface area (Å²) >= 11 is 11.4. The van der Waals surface area contributed by atoms with Gasteiger partial charge in [-0.3, -0.25) is 0 Å². The molecule has 3 N–H and O–H groups in total. The fraction of sp³-hybridized carbons (Fsp3) is 0.200. The highest BCUT2D eigenvalue weighted by Crippen LogP contribution is 2.32. The molecule has 0 fully saturated rings. The number of halogens is 2. The fourth-order valence-electron chi connectivity index (χ4n) is 1.15. The van der Waals surface area contributed by atoms with Crippen LogP contribution in [0.2, 0.25) is 5.02 Å². The standard InChI is InChI=1S/C10H10Cl2N2O3/c1-17-8-3-7(14-9(13)4-11)6(12)2-5(8)10(15)16/h2-3H,4H2,1H3,(H2,13,14)(H,15,16). The highest BCUT2D eigenvalue weighted by molar-refractivity contribution is 6.34. The molecule has 0 aromatic heterocycles. The summed E-state index contributed by atoms with van der Waals surface area (Å²) in [5.41, 5.74) is 5.74. The molecule has 0 unspecified atom stereocenters. The molecular formula is C10H10Cl2N2O3. The van der Waals surface area contributed by atoms with Crippen LogP contribution in [0, 0.1) is 0 Å². The van der Waals surface area contributed by atoms with E-state index < -0.39 is 5.97 Å². The van der Waals surface area contributed by atoms with Crippen molar-refractivity contribution < 1.29 is 14.6 Å². The van der Waals surface area contributed by atoms with Crippen molar-refractivity contribution in [1.82, 2.24) is 0 Å². The predicted molar refractivity (Wildman–Crippen MR) is 67.0 cm³/mol. The first-order chi connectivity index (χ1) is 7.99. The number of nitrogens with two attached hydrogens (primary N) is 1. The molecule has 1 rings (SSSR count). The van der Waals surface area contributed by atoms with Crippen molar-refractivity contribution in [2.45, 2.75) is 0 Å². The number of aliphatic imine (C=N–C) groups is 1. The number of amidine groups is 1. The Balaban J connectivity index is 3.32. The van der Waals surface area contributed by atoms with Gasteiger partial charge in [-0.25, -0.2) is 9.79 Å². The summed E-state index contributed by atoms with van der Waals surface area (Å²) in [4.78, 5) is 14.8. The summed E-state index contributed by atoms with van der Waals surface area (Å²) < 4.78 is 4.93. The minimum Gasteiger partial charge on any atom is -0.496 e. The molecule has 0 amide bonds. The van der Waals surface area contributed by atoms with Gasteiger partial charge < -0.3 is 15.6 Å². The topological polar surface area (TPSA) is 84.9 Å². The van der Waals surface area contributed by atoms with Gasteiger partial charge in [0, 0.05) is 6.07 Å². The van der Waals surface area contributed by atoms with Crippen LogP contribution in [0.15, 0.2) is 17.1 Å². The smallest absolute Gasteiger partial charge is 0.339 e. The third-order valence-electron chi connectivity index (χ3n) is 1.90. The summed E-state index contributed by atoms with van der Waals surface area (Å²) in [6, 6.07) is 2.65. The minimum atomic E-state index is -1.13. The van der Waals surface area contributed by atoms with E-state index in [1.807, 2.05) is 0 Å². The summed E-state index contributed by atoms with van der Waals surface area (Å²) in [6.07, 6.45) is 0. The Bertz CT molecular complexity index is 475. The third-order valence-corrected chi connectivity index (χ3v) is 2.48. The molecule has 0 aliphatic heterocycles. The van der Waals surface area contributed by atoms with E-state index in [1.165, 1.54) is 19.2 Å². The van der Waals surface area contributed by atoms with Crippen molar-refractivity contribution in [3.63, 3.8) is 0 Å². The molecule has 0 aliphatic carbocycles. The van der Waals surface area contributed by atoms with Gasteiger partial charge >= 0.3 is 5.97 Å². The van der Waals surface area contributed by atoms with Gasteiger partial charge in [0.05, 0.1) is 23.7 Å². The third kappa shape index (κ3) is 3.25. The Morgan fingerprint density at radius 1 is 1.59 bits per heavy atom. The number of aromatic carboxylic acids is 1. The van der Waals surface area contributed by atoms with Crippen LogP contribution in [0.25, 0.3) is 0 Å². The van der Waals surface area contributed by atoms with Crippen molar-refractivity contribution in [3.05, 3.63) is 22.7 Å². The van der Waals surface area contributed by atoms with Crippen LogP contribution in [0.3, 0.4) is 0 Å². The molecule has 17 heavy (non-hydrogen) atoms. The molecule has 92 valence electrons. The van der Waals surface area contributed by atoms with Crippen LogP contribution >= 0.6 is 23.2 Å². The molecule has 0 saturated heterocycles. The Labute approximate surface area is 108 Å². The summed E-state index contributed by atoms with van der Waals surface area (Å²) in [6.45, 7) is 0. The highest BCUT2D eigenvalue weighted by Gasteiger charge is 2.14. The van der Waals surface area contributed by atoms with Gasteiger partial charge in [0.2, 0.25) is 0 Å². The van der Waals surface area contributed by atoms with Gasteiger partial charge in [-0.15, -0.1) is 11.6 Å². The van der Waals surface area contributed by atoms with E-state index in [4.69, 9.17) is 38.8 Å². The van der Waals surface area contributed by atoms with Gasteiger partial charge in [-0.05, 0) is 6.07 Å². The second kappa shape index (κ2) is 5.75. The van der Waals surface area contributed by atoms with E-state index in [0.29, 0.717) is 5.69 Å². The van der Waals surface area contributed by atoms with E-state index in [0.717, 1.165) is 0 Å². The molecule has 1 aromatic carbocycles. The number of alkyl halides is 1. The quantitative estimate of drug-likeness (QED) is 0.502. The van der Waals surface area contributed by atoms with Crippen molar-refractivity contribution >= 4 is 40.7 Å². The van der Waals surface area contributed by atoms with Crippen LogP contribution < -0.4 is 10.5 Å². The second-order valence-corrected chi connectivity index (χ2v) is 3.72. The lowest BCUT2D eigenvalue weighted by molar-refractivity contribution is 0.0693. The average Bonchev–Trinajstić information content (AvgIpc) is 2.30. The van der Waals surface area contributed by atoms with Gasteiger partial charge in [0.15, 0.2) is 0 Å². The number of ether oxygens (including phenoxy) is 1. The minimum absolute atomic E-state index is 0.0408. The first-order valence-electron chi connectivity index (χ1n) is 4.49. The summed E-state index contributed by atoms with van der Waals surface area (Å²) in [5.74, 6) is -0.745. The Hall–Kier alpha value is -1.46. The Morgan fingerprint density at radius 2 is 2.24 bits per heavy atom. The number of carboxylic acid groups (broad SMARTS) is 1. The molecule has 7 heteroatoms. The number of methoxy groups -OCH3 is 1. The maximum absolute atomic E-state index is 10.9. The number of hydrogen-bond donors (Lipinski definition) is 2. The van der Waals surface area contributed by atoms with Crippen molar-refractivity contribution in [1.29, 1.82) is 0 Å². The van der Waals surface area contributed by atoms with Crippen LogP contribution in [0.1, 0.15) is 10.4 Å². The van der Waals surface area contributed by atoms with Gasteiger partial charge in [-0.1, -0.05) is 11.6 Å². The zero-order valence-corrected chi connectivity index (χ0v) is 10.4. The molecule has 0 heterocycles. The van der Waals surface area contributed by atoms with Crippen molar-refractivity contribution in [3.8, 4) is 5.75 Å². The van der Waals surface area contributed by atoms with Crippen LogP contribution in [0.5, 0.6) is 5.75 Å². The van der Waals surface area contributed by atoms with Crippen molar-refractivity contribution in [2.24, 2.45) is 10.7 Å². The molecule has 1 aromatic rings. The SMILES string of the molecule is COc1cc(N=C(N)CCl)c(Cl)cc1C(=O)O. The second-order valence-electron chi connectivity index (χ2n) is 3.05. The molecule has 0 atom stereocenters. The van der Waals surface area contributed by atoms with E-state index >= 15 is 0 Å². The first kappa shape index (κ1) is 13.6. The highest BCUT2D eigenvalue weighted by atomic mass is 35.5. The van der Waals surface area contributed by atoms with Crippen LogP contribution in [-0.4, -0.2) is 29.9 Å². The van der Waals surface area contributed by atoms with E-state index in [1.54, 1.807) is 0 Å². The lowest BCUT2D eigenvalue weighted by Gasteiger charge is -2.07. The van der Waals surface area contributed by atoms with Crippen molar-refractivity contribution in [2.75, 3.05) is 13.0 Å². The lowest BCUT2D eigenvalue weighted by atomic mass is 10.2. The number of nitrogens with zero attached hydrogens (tertiary/aromatic N) is 1. The lowest BCUT2D eigenvalue weighted by Crippen LogP contribution is -2.12. The molecule has 0 bridgehead atoms. The molecular weight excluding hydrogens is 267 g/mol. The summed E-state index contributed by atoms with van der Waals surface area (Å²) in [5, 5.41) is 9.08. The van der Waals surface area contributed by atoms with Crippen LogP contribution in [-0.2, 0) is 0 Å². The zero-order chi connectivity index (χ0) is 13.0. The largest absolute Gasteiger partial charge is 0.496 e. The van der Waals surface area contributed by atoms with Gasteiger partial charge in [0.25, 0.3) is 0 Å². The number of rotatable bonds is 4. The normalized spacial score (nSPS) is 11.4. The number of carbonyl (C=O) groups is 1. The first-order valence-corrected chi connectivity index (χ1v) is 5.40. The number of benzene rings is 1. The maximum Gasteiger partial charge on any atom is 0.339 e. The van der Waals surface area contributed by atoms with E-state index in [9.17, 15) is 4.79 Å². The predicted octanol–water partition coefficient (Wildman–Crippen LogP) is 2.27. The molecule has 0 radical (unpaired) electrons. The Morgan fingerprint density at radius 3 is 2.71 bits per heavy atom. The number of hydrogen-bond acceptors (Lipinski definition) is 3. The van der Waals surface area contributed by atoms with E-state index in [2.05, 4.69) is 4.99 Å². The zero-order valence-electron chi connectivity index (χ0n) is 8.91. The monoisotopic (exact) mass is 276 g/mol. The Kier molecular flexibility index (Phi) is 4.60. The molecule has 0 spiro atoms. The fourth-order valence-corrected chi connectivity index (χ4v) is 1.41. The molecule has 5 nitrogen and oxygen atoms in total. The number of carboxylic acids is 1. The molecule has 0 saturated carbocycles. The van der Waals surface area contributed by atoms with Gasteiger partial charge in [0.1, 0.15) is 17.1 Å². The maximum atomic E-state index is 10.9. The summed E-state index contributed by atoms with van der Waals surface area (Å²) in [7, 11) is 1.36.